The van der Waals surface area contributed by atoms with Crippen LogP contribution in [-0.2, 0) is 11.3 Å². The molecule has 174 valence electrons. The third-order valence-electron chi connectivity index (χ3n) is 7.07. The maximum atomic E-state index is 13.1. The van der Waals surface area contributed by atoms with E-state index in [9.17, 15) is 9.59 Å². The quantitative estimate of drug-likeness (QED) is 0.720. The molecule has 2 saturated heterocycles. The topological polar surface area (TPSA) is 66.4 Å². The van der Waals surface area contributed by atoms with Gasteiger partial charge in [-0.1, -0.05) is 12.1 Å². The fraction of sp³-hybridized carbons (Fsp3) is 0.615. The van der Waals surface area contributed by atoms with Gasteiger partial charge in [-0.25, -0.2) is 0 Å². The number of carbonyl (C=O) groups excluding carboxylic acids is 2. The molecule has 0 radical (unpaired) electrons. The lowest BCUT2D eigenvalue weighted by Crippen LogP contribution is -2.52. The van der Waals surface area contributed by atoms with E-state index in [0.29, 0.717) is 31.1 Å². The number of rotatable bonds is 6. The summed E-state index contributed by atoms with van der Waals surface area (Å²) >= 11 is 0. The highest BCUT2D eigenvalue weighted by Crippen LogP contribution is 2.38. The molecule has 2 amide bonds. The van der Waals surface area contributed by atoms with Crippen molar-refractivity contribution in [2.24, 2.45) is 5.92 Å². The van der Waals surface area contributed by atoms with Crippen molar-refractivity contribution in [2.45, 2.75) is 84.5 Å². The summed E-state index contributed by atoms with van der Waals surface area (Å²) < 4.78 is 2.15. The second kappa shape index (κ2) is 8.89. The largest absolute Gasteiger partial charge is 0.352 e. The summed E-state index contributed by atoms with van der Waals surface area (Å²) in [4.78, 5) is 28.0. The highest BCUT2D eigenvalue weighted by molar-refractivity contribution is 6.08. The molecule has 0 spiro atoms. The van der Waals surface area contributed by atoms with Crippen LogP contribution >= 0.6 is 0 Å². The van der Waals surface area contributed by atoms with Gasteiger partial charge >= 0.3 is 0 Å². The molecule has 6 nitrogen and oxygen atoms in total. The lowest BCUT2D eigenvalue weighted by atomic mass is 9.90. The maximum absolute atomic E-state index is 13.1. The zero-order chi connectivity index (χ0) is 23.0. The Morgan fingerprint density at radius 2 is 1.81 bits per heavy atom. The van der Waals surface area contributed by atoms with E-state index in [1.54, 1.807) is 0 Å². The van der Waals surface area contributed by atoms with Crippen LogP contribution in [0.2, 0.25) is 0 Å². The molecule has 1 aromatic heterocycles. The van der Waals surface area contributed by atoms with Crippen LogP contribution in [-0.4, -0.2) is 52.0 Å². The molecule has 3 heterocycles. The van der Waals surface area contributed by atoms with Crippen LogP contribution in [0.25, 0.3) is 10.9 Å². The Labute approximate surface area is 191 Å². The van der Waals surface area contributed by atoms with E-state index in [2.05, 4.69) is 52.1 Å². The van der Waals surface area contributed by atoms with Gasteiger partial charge in [-0.3, -0.25) is 14.5 Å². The summed E-state index contributed by atoms with van der Waals surface area (Å²) in [5, 5.41) is 7.38. The number of aryl methyl sites for hydroxylation is 2. The van der Waals surface area contributed by atoms with Crippen molar-refractivity contribution in [3.8, 4) is 0 Å². The minimum atomic E-state index is -0.196. The molecule has 0 unspecified atom stereocenters. The zero-order valence-electron chi connectivity index (χ0n) is 20.2. The number of amides is 2. The first-order valence-corrected chi connectivity index (χ1v) is 12.1. The van der Waals surface area contributed by atoms with Crippen molar-refractivity contribution in [3.05, 3.63) is 35.5 Å². The predicted octanol–water partition coefficient (Wildman–Crippen LogP) is 3.86. The first kappa shape index (κ1) is 22.8. The fourth-order valence-corrected chi connectivity index (χ4v) is 5.73. The van der Waals surface area contributed by atoms with Crippen molar-refractivity contribution >= 4 is 22.7 Å². The molecule has 0 aliphatic carbocycles. The highest BCUT2D eigenvalue weighted by Gasteiger charge is 2.41. The zero-order valence-corrected chi connectivity index (χ0v) is 20.2. The van der Waals surface area contributed by atoms with E-state index < -0.39 is 0 Å². The van der Waals surface area contributed by atoms with Gasteiger partial charge in [0.1, 0.15) is 0 Å². The molecule has 3 atom stereocenters. The van der Waals surface area contributed by atoms with Gasteiger partial charge in [0.15, 0.2) is 0 Å². The average molecular weight is 439 g/mol. The van der Waals surface area contributed by atoms with Gasteiger partial charge in [0.25, 0.3) is 5.91 Å². The molecular weight excluding hydrogens is 400 g/mol. The van der Waals surface area contributed by atoms with E-state index in [0.717, 1.165) is 54.3 Å². The number of fused-ring (bicyclic) bond motifs is 3. The Kier molecular flexibility index (Phi) is 6.35. The second-order valence-electron chi connectivity index (χ2n) is 10.7. The summed E-state index contributed by atoms with van der Waals surface area (Å²) in [6.45, 7) is 12.3. The summed E-state index contributed by atoms with van der Waals surface area (Å²) in [7, 11) is 0. The fourth-order valence-electron chi connectivity index (χ4n) is 5.73. The third kappa shape index (κ3) is 4.70. The van der Waals surface area contributed by atoms with Gasteiger partial charge in [0.05, 0.1) is 12.1 Å². The van der Waals surface area contributed by atoms with Crippen LogP contribution in [0.3, 0.4) is 0 Å². The number of benzene rings is 1. The molecule has 6 heteroatoms. The number of hydrogen-bond acceptors (Lipinski definition) is 3. The van der Waals surface area contributed by atoms with Gasteiger partial charge in [-0.05, 0) is 77.8 Å². The maximum Gasteiger partial charge on any atom is 0.253 e. The average Bonchev–Trinajstić information content (AvgIpc) is 3.19. The van der Waals surface area contributed by atoms with Gasteiger partial charge in [0.2, 0.25) is 5.91 Å². The molecule has 2 N–H and O–H groups in total. The molecule has 1 aromatic carbocycles. The first-order chi connectivity index (χ1) is 15.2. The van der Waals surface area contributed by atoms with Gasteiger partial charge in [-0.15, -0.1) is 0 Å². The smallest absolute Gasteiger partial charge is 0.253 e. The van der Waals surface area contributed by atoms with Crippen LogP contribution in [0.1, 0.15) is 69.3 Å². The van der Waals surface area contributed by atoms with Crippen LogP contribution < -0.4 is 10.6 Å². The van der Waals surface area contributed by atoms with Crippen LogP contribution in [0, 0.1) is 12.8 Å². The highest BCUT2D eigenvalue weighted by atomic mass is 16.2. The number of carbonyl (C=O) groups is 2. The van der Waals surface area contributed by atoms with Crippen LogP contribution in [0.5, 0.6) is 0 Å². The number of nitrogens with one attached hydrogen (secondary N) is 2. The summed E-state index contributed by atoms with van der Waals surface area (Å²) in [6, 6.07) is 7.11. The molecule has 2 bridgehead atoms. The van der Waals surface area contributed by atoms with Gasteiger partial charge in [0, 0.05) is 47.8 Å². The summed E-state index contributed by atoms with van der Waals surface area (Å²) in [6.07, 6.45) is 6.40. The van der Waals surface area contributed by atoms with Crippen molar-refractivity contribution in [3.63, 3.8) is 0 Å². The van der Waals surface area contributed by atoms with E-state index in [4.69, 9.17) is 0 Å². The number of nitrogens with zero attached hydrogens (tertiary/aromatic N) is 2. The molecule has 4 rings (SSSR count). The molecule has 2 fully saturated rings. The summed E-state index contributed by atoms with van der Waals surface area (Å²) in [5.41, 5.74) is 2.84. The Morgan fingerprint density at radius 1 is 1.12 bits per heavy atom. The monoisotopic (exact) mass is 438 g/mol. The number of aromatic nitrogens is 1. The van der Waals surface area contributed by atoms with Crippen molar-refractivity contribution in [1.82, 2.24) is 20.1 Å². The van der Waals surface area contributed by atoms with E-state index in [-0.39, 0.29) is 17.4 Å². The Bertz CT molecular complexity index is 989. The van der Waals surface area contributed by atoms with Crippen LogP contribution in [0.4, 0.5) is 0 Å². The lowest BCUT2D eigenvalue weighted by Gasteiger charge is -2.39. The first-order valence-electron chi connectivity index (χ1n) is 12.1. The second-order valence-corrected chi connectivity index (χ2v) is 10.7. The van der Waals surface area contributed by atoms with Gasteiger partial charge < -0.3 is 15.2 Å². The molecule has 0 saturated carbocycles. The standard InChI is InChI=1S/C26H38N4O2/c1-6-29-15-21(24-17(2)8-7-9-22(24)29)25(32)27-14-18-12-19-10-11-20(13-18)30(19)16-23(31)28-26(3,4)5/h7-9,15,18-20H,6,10-14,16H2,1-5H3,(H,27,32)(H,28,31)/t18-,19-,20+. The Hall–Kier alpha value is -2.34. The summed E-state index contributed by atoms with van der Waals surface area (Å²) in [5.74, 6) is 0.610. The molecule has 2 aromatic rings. The molecular formula is C26H38N4O2. The molecule has 32 heavy (non-hydrogen) atoms. The van der Waals surface area contributed by atoms with Crippen molar-refractivity contribution < 1.29 is 9.59 Å². The van der Waals surface area contributed by atoms with E-state index >= 15 is 0 Å². The Balaban J connectivity index is 1.37. The lowest BCUT2D eigenvalue weighted by molar-refractivity contribution is -0.125. The van der Waals surface area contributed by atoms with E-state index in [1.165, 1.54) is 0 Å². The van der Waals surface area contributed by atoms with Gasteiger partial charge in [-0.2, -0.15) is 0 Å². The van der Waals surface area contributed by atoms with Crippen molar-refractivity contribution in [2.75, 3.05) is 13.1 Å². The van der Waals surface area contributed by atoms with Crippen LogP contribution in [0.15, 0.2) is 24.4 Å². The van der Waals surface area contributed by atoms with E-state index in [1.807, 2.05) is 27.0 Å². The third-order valence-corrected chi connectivity index (χ3v) is 7.07. The minimum absolute atomic E-state index is 0.0239. The SMILES string of the molecule is CCn1cc(C(=O)NC[C@@H]2C[C@H]3CC[C@@H](C2)N3CC(=O)NC(C)(C)C)c2c(C)cccc21. The minimum Gasteiger partial charge on any atom is -0.352 e. The normalized spacial score (nSPS) is 23.5. The number of hydrogen-bond donors (Lipinski definition) is 2. The molecule has 2 aliphatic heterocycles. The van der Waals surface area contributed by atoms with Crippen molar-refractivity contribution in [1.29, 1.82) is 0 Å². The predicted molar refractivity (Wildman–Crippen MR) is 129 cm³/mol. The number of piperidine rings is 1. The Morgan fingerprint density at radius 3 is 2.44 bits per heavy atom. The molecule has 2 aliphatic rings.